The highest BCUT2D eigenvalue weighted by atomic mass is 35.5. The number of carbonyl (C=O) groups is 2. The van der Waals surface area contributed by atoms with Crippen LogP contribution in [0.2, 0.25) is 5.02 Å². The van der Waals surface area contributed by atoms with Gasteiger partial charge in [-0.15, -0.1) is 0 Å². The summed E-state index contributed by atoms with van der Waals surface area (Å²) in [7, 11) is 0. The van der Waals surface area contributed by atoms with E-state index in [4.69, 9.17) is 21.1 Å². The van der Waals surface area contributed by atoms with Gasteiger partial charge in [0, 0.05) is 11.1 Å². The zero-order valence-corrected chi connectivity index (χ0v) is 16.4. The molecule has 2 rings (SSSR count). The van der Waals surface area contributed by atoms with Gasteiger partial charge in [-0.1, -0.05) is 50.9 Å². The van der Waals surface area contributed by atoms with Crippen molar-refractivity contribution in [2.75, 3.05) is 6.61 Å². The largest absolute Gasteiger partial charge is 0.460 e. The fourth-order valence-electron chi connectivity index (χ4n) is 3.41. The van der Waals surface area contributed by atoms with Gasteiger partial charge in [0.15, 0.2) is 6.61 Å². The number of carbonyl (C=O) groups excluding carboxylic acids is 2. The molecule has 0 spiro atoms. The molecule has 5 heteroatoms. The maximum Gasteiger partial charge on any atom is 0.344 e. The minimum Gasteiger partial charge on any atom is -0.460 e. The lowest BCUT2D eigenvalue weighted by atomic mass is 9.75. The molecule has 0 aromatic heterocycles. The van der Waals surface area contributed by atoms with E-state index >= 15 is 0 Å². The smallest absolute Gasteiger partial charge is 0.344 e. The third-order valence-electron chi connectivity index (χ3n) is 4.84. The third-order valence-corrected chi connectivity index (χ3v) is 5.07. The molecule has 1 aromatic carbocycles. The van der Waals surface area contributed by atoms with Gasteiger partial charge in [-0.3, -0.25) is 0 Å². The van der Waals surface area contributed by atoms with E-state index in [1.165, 1.54) is 12.5 Å². The van der Waals surface area contributed by atoms with E-state index in [1.807, 2.05) is 6.07 Å². The summed E-state index contributed by atoms with van der Waals surface area (Å²) in [6.45, 7) is 6.12. The van der Waals surface area contributed by atoms with Crippen molar-refractivity contribution in [2.24, 2.45) is 17.8 Å². The van der Waals surface area contributed by atoms with Gasteiger partial charge in [-0.05, 0) is 54.4 Å². The summed E-state index contributed by atoms with van der Waals surface area (Å²) in [5, 5.41) is 0.588. The number of esters is 2. The molecule has 0 amide bonds. The highest BCUT2D eigenvalue weighted by Crippen LogP contribution is 2.35. The van der Waals surface area contributed by atoms with Crippen LogP contribution in [0.15, 0.2) is 30.3 Å². The molecule has 3 atom stereocenters. The summed E-state index contributed by atoms with van der Waals surface area (Å²) >= 11 is 5.89. The van der Waals surface area contributed by atoms with Gasteiger partial charge in [0.1, 0.15) is 6.10 Å². The first-order valence-corrected chi connectivity index (χ1v) is 9.53. The molecule has 1 aliphatic rings. The highest BCUT2D eigenvalue weighted by molar-refractivity contribution is 6.30. The minimum atomic E-state index is -0.584. The van der Waals surface area contributed by atoms with Gasteiger partial charge in [0.05, 0.1) is 0 Å². The first-order valence-electron chi connectivity index (χ1n) is 9.15. The first kappa shape index (κ1) is 20.5. The molecule has 0 bridgehead atoms. The predicted octanol–water partition coefficient (Wildman–Crippen LogP) is 4.90. The lowest BCUT2D eigenvalue weighted by Gasteiger charge is -2.36. The Morgan fingerprint density at radius 2 is 2.08 bits per heavy atom. The molecule has 0 N–H and O–H groups in total. The molecule has 1 saturated carbocycles. The third kappa shape index (κ3) is 6.49. The Kier molecular flexibility index (Phi) is 7.70. The molecule has 142 valence electrons. The highest BCUT2D eigenvalue weighted by Gasteiger charge is 2.33. The molecule has 1 aliphatic carbocycles. The summed E-state index contributed by atoms with van der Waals surface area (Å²) in [5.74, 6) is 0.307. The Bertz CT molecular complexity index is 653. The Balaban J connectivity index is 1.81. The predicted molar refractivity (Wildman–Crippen MR) is 103 cm³/mol. The molecule has 0 aliphatic heterocycles. The number of benzene rings is 1. The van der Waals surface area contributed by atoms with Crippen molar-refractivity contribution >= 4 is 29.6 Å². The van der Waals surface area contributed by atoms with Crippen molar-refractivity contribution in [3.05, 3.63) is 40.9 Å². The van der Waals surface area contributed by atoms with Crippen molar-refractivity contribution in [3.63, 3.8) is 0 Å². The van der Waals surface area contributed by atoms with E-state index in [0.29, 0.717) is 22.8 Å². The van der Waals surface area contributed by atoms with Gasteiger partial charge in [0.25, 0.3) is 0 Å². The molecule has 0 saturated heterocycles. The fourth-order valence-corrected chi connectivity index (χ4v) is 3.60. The number of halogens is 1. The van der Waals surface area contributed by atoms with Crippen LogP contribution in [0.1, 0.15) is 45.6 Å². The average molecular weight is 379 g/mol. The maximum atomic E-state index is 12.1. The molecule has 0 unspecified atom stereocenters. The minimum absolute atomic E-state index is 0.0908. The SMILES string of the molecule is CC(C)[C@@H]1CC[C@@H](C)C[C@@H]1OC(=O)COC(=O)/C=C/c1cccc(Cl)c1. The summed E-state index contributed by atoms with van der Waals surface area (Å²) in [6.07, 6.45) is 5.89. The molecular formula is C21H27ClO4. The molecule has 0 radical (unpaired) electrons. The lowest BCUT2D eigenvalue weighted by molar-refractivity contribution is -0.165. The van der Waals surface area contributed by atoms with Crippen LogP contribution in [0.3, 0.4) is 0 Å². The van der Waals surface area contributed by atoms with Crippen LogP contribution >= 0.6 is 11.6 Å². The molecule has 4 nitrogen and oxygen atoms in total. The van der Waals surface area contributed by atoms with E-state index in [2.05, 4.69) is 20.8 Å². The van der Waals surface area contributed by atoms with E-state index in [9.17, 15) is 9.59 Å². The van der Waals surface area contributed by atoms with Crippen LogP contribution in [0.25, 0.3) is 6.08 Å². The monoisotopic (exact) mass is 378 g/mol. The van der Waals surface area contributed by atoms with Crippen LogP contribution in [-0.2, 0) is 19.1 Å². The van der Waals surface area contributed by atoms with Crippen molar-refractivity contribution in [3.8, 4) is 0 Å². The van der Waals surface area contributed by atoms with E-state index in [-0.39, 0.29) is 12.7 Å². The second-order valence-electron chi connectivity index (χ2n) is 7.35. The van der Waals surface area contributed by atoms with Gasteiger partial charge >= 0.3 is 11.9 Å². The average Bonchev–Trinajstić information content (AvgIpc) is 2.58. The molecule has 1 fully saturated rings. The molecular weight excluding hydrogens is 352 g/mol. The molecule has 26 heavy (non-hydrogen) atoms. The molecule has 1 aromatic rings. The normalized spacial score (nSPS) is 23.2. The quantitative estimate of drug-likeness (QED) is 0.521. The van der Waals surface area contributed by atoms with E-state index in [1.54, 1.807) is 24.3 Å². The first-order chi connectivity index (χ1) is 12.3. The second-order valence-corrected chi connectivity index (χ2v) is 7.79. The summed E-state index contributed by atoms with van der Waals surface area (Å²) in [4.78, 5) is 23.8. The zero-order valence-electron chi connectivity index (χ0n) is 15.6. The number of hydrogen-bond donors (Lipinski definition) is 0. The standard InChI is InChI=1S/C21H27ClO4/c1-14(2)18-9-7-15(3)11-19(18)26-21(24)13-25-20(23)10-8-16-5-4-6-17(22)12-16/h4-6,8,10,12,14-15,18-19H,7,9,11,13H2,1-3H3/b10-8+/t15-,18+,19+/m1/s1. The van der Waals surface area contributed by atoms with Crippen molar-refractivity contribution in [2.45, 2.75) is 46.1 Å². The summed E-state index contributed by atoms with van der Waals surface area (Å²) in [6, 6.07) is 7.10. The van der Waals surface area contributed by atoms with Gasteiger partial charge in [-0.25, -0.2) is 9.59 Å². The van der Waals surface area contributed by atoms with Crippen molar-refractivity contribution in [1.29, 1.82) is 0 Å². The summed E-state index contributed by atoms with van der Waals surface area (Å²) < 4.78 is 10.6. The number of hydrogen-bond acceptors (Lipinski definition) is 4. The Morgan fingerprint density at radius 1 is 1.31 bits per heavy atom. The van der Waals surface area contributed by atoms with Gasteiger partial charge in [0.2, 0.25) is 0 Å². The second kappa shape index (κ2) is 9.77. The lowest BCUT2D eigenvalue weighted by Crippen LogP contribution is -2.36. The van der Waals surface area contributed by atoms with Crippen LogP contribution in [0.5, 0.6) is 0 Å². The maximum absolute atomic E-state index is 12.1. The number of ether oxygens (including phenoxy) is 2. The van der Waals surface area contributed by atoms with Gasteiger partial charge in [-0.2, -0.15) is 0 Å². The van der Waals surface area contributed by atoms with Crippen molar-refractivity contribution < 1.29 is 19.1 Å². The summed E-state index contributed by atoms with van der Waals surface area (Å²) in [5.41, 5.74) is 0.785. The Labute approximate surface area is 160 Å². The van der Waals surface area contributed by atoms with E-state index < -0.39 is 11.9 Å². The fraction of sp³-hybridized carbons (Fsp3) is 0.524. The van der Waals surface area contributed by atoms with E-state index in [0.717, 1.165) is 18.4 Å². The van der Waals surface area contributed by atoms with Gasteiger partial charge < -0.3 is 9.47 Å². The Hall–Kier alpha value is -1.81. The van der Waals surface area contributed by atoms with Crippen molar-refractivity contribution in [1.82, 2.24) is 0 Å². The number of rotatable bonds is 6. The van der Waals surface area contributed by atoms with Crippen LogP contribution in [0, 0.1) is 17.8 Å². The Morgan fingerprint density at radius 3 is 2.77 bits per heavy atom. The van der Waals surface area contributed by atoms with Crippen LogP contribution in [-0.4, -0.2) is 24.6 Å². The van der Waals surface area contributed by atoms with Crippen LogP contribution < -0.4 is 0 Å². The molecule has 0 heterocycles. The zero-order chi connectivity index (χ0) is 19.1. The van der Waals surface area contributed by atoms with Crippen LogP contribution in [0.4, 0.5) is 0 Å². The topological polar surface area (TPSA) is 52.6 Å².